The van der Waals surface area contributed by atoms with E-state index in [4.69, 9.17) is 4.74 Å². The maximum absolute atomic E-state index is 5.76. The molecule has 2 aromatic heterocycles. The van der Waals surface area contributed by atoms with Gasteiger partial charge in [-0.3, -0.25) is 5.10 Å². The number of ether oxygens (including phenoxy) is 1. The first-order valence-electron chi connectivity index (χ1n) is 7.21. The monoisotopic (exact) mass is 290 g/mol. The van der Waals surface area contributed by atoms with Crippen LogP contribution in [0.5, 0.6) is 5.75 Å². The highest BCUT2D eigenvalue weighted by molar-refractivity contribution is 5.68. The number of nitrogens with one attached hydrogen (secondary N) is 2. The number of hydrogen-bond donors (Lipinski definition) is 2. The van der Waals surface area contributed by atoms with Crippen LogP contribution in [0.15, 0.2) is 12.4 Å². The summed E-state index contributed by atoms with van der Waals surface area (Å²) in [5.74, 6) is 2.79. The van der Waals surface area contributed by atoms with E-state index in [0.29, 0.717) is 24.0 Å². The van der Waals surface area contributed by atoms with Crippen LogP contribution in [0.1, 0.15) is 26.5 Å². The minimum Gasteiger partial charge on any atom is -0.487 e. The summed E-state index contributed by atoms with van der Waals surface area (Å²) in [5, 5.41) is 10.2. The van der Waals surface area contributed by atoms with E-state index in [9.17, 15) is 0 Å². The molecule has 0 radical (unpaired) electrons. The van der Waals surface area contributed by atoms with Gasteiger partial charge in [-0.2, -0.15) is 5.10 Å². The lowest BCUT2D eigenvalue weighted by molar-refractivity contribution is 0.339. The molecular formula is C14H22N6O. The average molecular weight is 290 g/mol. The Morgan fingerprint density at radius 2 is 2.00 bits per heavy atom. The van der Waals surface area contributed by atoms with Crippen LogP contribution >= 0.6 is 0 Å². The molecule has 2 rings (SSSR count). The van der Waals surface area contributed by atoms with E-state index >= 15 is 0 Å². The van der Waals surface area contributed by atoms with Gasteiger partial charge in [0.25, 0.3) is 0 Å². The van der Waals surface area contributed by atoms with Crippen LogP contribution in [0, 0.1) is 6.92 Å². The zero-order valence-electron chi connectivity index (χ0n) is 13.0. The molecular weight excluding hydrogens is 268 g/mol. The molecule has 0 spiro atoms. The lowest BCUT2D eigenvalue weighted by atomic mass is 10.4. The van der Waals surface area contributed by atoms with E-state index in [-0.39, 0.29) is 0 Å². The third-order valence-corrected chi connectivity index (χ3v) is 3.09. The smallest absolute Gasteiger partial charge is 0.204 e. The van der Waals surface area contributed by atoms with Gasteiger partial charge >= 0.3 is 0 Å². The van der Waals surface area contributed by atoms with Gasteiger partial charge in [-0.1, -0.05) is 0 Å². The van der Waals surface area contributed by atoms with Gasteiger partial charge in [0.1, 0.15) is 6.33 Å². The Kier molecular flexibility index (Phi) is 4.97. The minimum absolute atomic E-state index is 0.552. The summed E-state index contributed by atoms with van der Waals surface area (Å²) >= 11 is 0. The number of anilines is 3. The Bertz CT molecular complexity index is 579. The van der Waals surface area contributed by atoms with E-state index in [1.165, 1.54) is 6.33 Å². The van der Waals surface area contributed by atoms with Crippen LogP contribution < -0.4 is 15.0 Å². The molecule has 7 nitrogen and oxygen atoms in total. The number of aromatic nitrogens is 4. The molecule has 7 heteroatoms. The van der Waals surface area contributed by atoms with Crippen molar-refractivity contribution in [3.63, 3.8) is 0 Å². The van der Waals surface area contributed by atoms with Crippen LogP contribution in [-0.2, 0) is 0 Å². The zero-order chi connectivity index (χ0) is 15.2. The van der Waals surface area contributed by atoms with Crippen LogP contribution in [-0.4, -0.2) is 39.9 Å². The molecule has 21 heavy (non-hydrogen) atoms. The summed E-state index contributed by atoms with van der Waals surface area (Å²) in [7, 11) is 0. The second-order valence-corrected chi connectivity index (χ2v) is 4.54. The molecule has 2 heterocycles. The second-order valence-electron chi connectivity index (χ2n) is 4.54. The van der Waals surface area contributed by atoms with Crippen molar-refractivity contribution < 1.29 is 4.74 Å². The summed E-state index contributed by atoms with van der Waals surface area (Å²) in [6.07, 6.45) is 1.54. The largest absolute Gasteiger partial charge is 0.487 e. The van der Waals surface area contributed by atoms with Crippen LogP contribution in [0.3, 0.4) is 0 Å². The zero-order valence-corrected chi connectivity index (χ0v) is 13.0. The molecule has 0 aliphatic heterocycles. The number of aromatic amines is 1. The van der Waals surface area contributed by atoms with Crippen molar-refractivity contribution >= 4 is 17.5 Å². The molecule has 0 fully saturated rings. The molecule has 0 saturated carbocycles. The summed E-state index contributed by atoms with van der Waals surface area (Å²) in [6, 6.07) is 1.91. The van der Waals surface area contributed by atoms with Gasteiger partial charge in [-0.15, -0.1) is 0 Å². The lowest BCUT2D eigenvalue weighted by Gasteiger charge is -2.23. The molecule has 2 aromatic rings. The van der Waals surface area contributed by atoms with E-state index in [2.05, 4.69) is 44.2 Å². The van der Waals surface area contributed by atoms with Crippen molar-refractivity contribution in [2.75, 3.05) is 29.9 Å². The van der Waals surface area contributed by atoms with Crippen molar-refractivity contribution in [3.05, 3.63) is 18.1 Å². The molecule has 0 aromatic carbocycles. The molecule has 114 valence electrons. The Labute approximate surface area is 124 Å². The standard InChI is InChI=1S/C14H22N6O/c1-5-20(6-2)14-12(21-7-3)13(15-9-16-14)17-11-8-10(4)18-19-11/h8-9H,5-7H2,1-4H3,(H2,15,16,17,18,19). The fourth-order valence-electron chi connectivity index (χ4n) is 2.08. The SMILES string of the molecule is CCOc1c(Nc2cc(C)[nH]n2)ncnc1N(CC)CC. The van der Waals surface area contributed by atoms with E-state index in [1.807, 2.05) is 19.9 Å². The van der Waals surface area contributed by atoms with E-state index in [1.54, 1.807) is 0 Å². The van der Waals surface area contributed by atoms with Crippen LogP contribution in [0.2, 0.25) is 0 Å². The molecule has 0 atom stereocenters. The first-order valence-corrected chi connectivity index (χ1v) is 7.21. The van der Waals surface area contributed by atoms with Crippen molar-refractivity contribution in [2.24, 2.45) is 0 Å². The molecule has 2 N–H and O–H groups in total. The highest BCUT2D eigenvalue weighted by Crippen LogP contribution is 2.33. The maximum Gasteiger partial charge on any atom is 0.204 e. The topological polar surface area (TPSA) is 79.0 Å². The Hall–Kier alpha value is -2.31. The van der Waals surface area contributed by atoms with E-state index < -0.39 is 0 Å². The second kappa shape index (κ2) is 6.92. The highest BCUT2D eigenvalue weighted by atomic mass is 16.5. The third-order valence-electron chi connectivity index (χ3n) is 3.09. The van der Waals surface area contributed by atoms with Crippen molar-refractivity contribution in [1.29, 1.82) is 0 Å². The predicted molar refractivity (Wildman–Crippen MR) is 83.4 cm³/mol. The molecule has 0 aliphatic rings. The fraction of sp³-hybridized carbons (Fsp3) is 0.500. The summed E-state index contributed by atoms with van der Waals surface area (Å²) in [4.78, 5) is 10.8. The molecule has 0 aliphatic carbocycles. The van der Waals surface area contributed by atoms with Gasteiger partial charge in [0.15, 0.2) is 17.5 Å². The Balaban J connectivity index is 2.37. The van der Waals surface area contributed by atoms with Gasteiger partial charge in [0, 0.05) is 24.8 Å². The fourth-order valence-corrected chi connectivity index (χ4v) is 2.08. The number of nitrogens with zero attached hydrogens (tertiary/aromatic N) is 4. The van der Waals surface area contributed by atoms with Crippen molar-refractivity contribution in [1.82, 2.24) is 20.2 Å². The summed E-state index contributed by atoms with van der Waals surface area (Å²) in [6.45, 7) is 10.3. The first-order chi connectivity index (χ1) is 10.2. The van der Waals surface area contributed by atoms with E-state index in [0.717, 1.165) is 24.6 Å². The predicted octanol–water partition coefficient (Wildman–Crippen LogP) is 2.50. The molecule has 0 bridgehead atoms. The van der Waals surface area contributed by atoms with Crippen LogP contribution in [0.4, 0.5) is 17.5 Å². The summed E-state index contributed by atoms with van der Waals surface area (Å²) in [5.41, 5.74) is 0.980. The third kappa shape index (κ3) is 3.42. The van der Waals surface area contributed by atoms with Crippen molar-refractivity contribution in [3.8, 4) is 5.75 Å². The lowest BCUT2D eigenvalue weighted by Crippen LogP contribution is -2.24. The normalized spacial score (nSPS) is 10.5. The number of H-pyrrole nitrogens is 1. The van der Waals surface area contributed by atoms with Gasteiger partial charge in [-0.05, 0) is 27.7 Å². The molecule has 0 amide bonds. The first kappa shape index (κ1) is 15.1. The Morgan fingerprint density at radius 3 is 2.57 bits per heavy atom. The van der Waals surface area contributed by atoms with Gasteiger partial charge in [0.05, 0.1) is 6.61 Å². The molecule has 0 saturated heterocycles. The maximum atomic E-state index is 5.76. The number of rotatable bonds is 7. The van der Waals surface area contributed by atoms with Gasteiger partial charge < -0.3 is 15.0 Å². The number of hydrogen-bond acceptors (Lipinski definition) is 6. The van der Waals surface area contributed by atoms with Crippen LogP contribution in [0.25, 0.3) is 0 Å². The minimum atomic E-state index is 0.552. The average Bonchev–Trinajstić information content (AvgIpc) is 2.88. The van der Waals surface area contributed by atoms with Crippen molar-refractivity contribution in [2.45, 2.75) is 27.7 Å². The number of aryl methyl sites for hydroxylation is 1. The highest BCUT2D eigenvalue weighted by Gasteiger charge is 2.17. The molecule has 0 unspecified atom stereocenters. The quantitative estimate of drug-likeness (QED) is 0.815. The Morgan fingerprint density at radius 1 is 1.24 bits per heavy atom. The van der Waals surface area contributed by atoms with Gasteiger partial charge in [0.2, 0.25) is 5.75 Å². The summed E-state index contributed by atoms with van der Waals surface area (Å²) < 4.78 is 5.76. The van der Waals surface area contributed by atoms with Gasteiger partial charge in [-0.25, -0.2) is 9.97 Å².